The Bertz CT molecular complexity index is 870. The minimum absolute atomic E-state index is 0.0425. The molecule has 1 aliphatic heterocycles. The van der Waals surface area contributed by atoms with Crippen LogP contribution in [0.25, 0.3) is 0 Å². The van der Waals surface area contributed by atoms with E-state index < -0.39 is 10.0 Å². The number of rotatable bonds is 5. The van der Waals surface area contributed by atoms with Crippen molar-refractivity contribution in [3.05, 3.63) is 45.9 Å². The van der Waals surface area contributed by atoms with Crippen molar-refractivity contribution >= 4 is 27.3 Å². The smallest absolute Gasteiger partial charge is 0.265 e. The Balaban J connectivity index is 1.68. The zero-order valence-corrected chi connectivity index (χ0v) is 16.6. The Labute approximate surface area is 158 Å². The van der Waals surface area contributed by atoms with Crippen LogP contribution in [-0.2, 0) is 16.4 Å². The lowest BCUT2D eigenvalue weighted by Crippen LogP contribution is -2.50. The summed E-state index contributed by atoms with van der Waals surface area (Å²) in [5.74, 6) is -0.0425. The molecule has 0 saturated carbocycles. The van der Waals surface area contributed by atoms with Crippen molar-refractivity contribution in [2.75, 3.05) is 26.2 Å². The van der Waals surface area contributed by atoms with E-state index in [1.807, 2.05) is 6.92 Å². The molecule has 0 spiro atoms. The largest absolute Gasteiger partial charge is 0.335 e. The van der Waals surface area contributed by atoms with Crippen LogP contribution in [0.3, 0.4) is 0 Å². The number of nitrogens with zero attached hydrogens (tertiary/aromatic N) is 3. The van der Waals surface area contributed by atoms with Gasteiger partial charge in [-0.25, -0.2) is 13.4 Å². The molecular formula is C18H23N3O3S2. The van der Waals surface area contributed by atoms with Crippen LogP contribution < -0.4 is 0 Å². The molecule has 2 heterocycles. The molecular weight excluding hydrogens is 370 g/mol. The van der Waals surface area contributed by atoms with E-state index in [0.717, 1.165) is 23.5 Å². The highest BCUT2D eigenvalue weighted by Gasteiger charge is 2.31. The summed E-state index contributed by atoms with van der Waals surface area (Å²) < 4.78 is 26.8. The van der Waals surface area contributed by atoms with E-state index in [4.69, 9.17) is 0 Å². The number of sulfonamides is 1. The molecule has 1 amide bonds. The fourth-order valence-corrected chi connectivity index (χ4v) is 5.57. The predicted molar refractivity (Wildman–Crippen MR) is 102 cm³/mol. The summed E-state index contributed by atoms with van der Waals surface area (Å²) in [5.41, 5.74) is 0.766. The summed E-state index contributed by atoms with van der Waals surface area (Å²) in [6, 6.07) is 8.42. The highest BCUT2D eigenvalue weighted by atomic mass is 32.2. The van der Waals surface area contributed by atoms with Crippen molar-refractivity contribution < 1.29 is 13.2 Å². The van der Waals surface area contributed by atoms with Crippen LogP contribution in [0.1, 0.15) is 33.7 Å². The van der Waals surface area contributed by atoms with Crippen LogP contribution in [-0.4, -0.2) is 54.7 Å². The summed E-state index contributed by atoms with van der Waals surface area (Å²) in [4.78, 5) is 20.0. The molecule has 1 aromatic carbocycles. The van der Waals surface area contributed by atoms with Crippen molar-refractivity contribution in [1.29, 1.82) is 0 Å². The van der Waals surface area contributed by atoms with Gasteiger partial charge in [0.05, 0.1) is 15.6 Å². The molecule has 1 saturated heterocycles. The van der Waals surface area contributed by atoms with Crippen molar-refractivity contribution in [2.45, 2.75) is 31.6 Å². The van der Waals surface area contributed by atoms with E-state index >= 15 is 0 Å². The number of hydrogen-bond acceptors (Lipinski definition) is 5. The van der Waals surface area contributed by atoms with Crippen LogP contribution in [0, 0.1) is 6.92 Å². The molecule has 0 aliphatic carbocycles. The molecule has 1 aromatic heterocycles. The van der Waals surface area contributed by atoms with Gasteiger partial charge in [0.2, 0.25) is 10.0 Å². The second kappa shape index (κ2) is 7.85. The molecule has 8 heteroatoms. The lowest BCUT2D eigenvalue weighted by atomic mass is 10.3. The SMILES string of the molecule is CCCc1nc(C)c(C(=O)N2CCN(S(=O)(=O)c3ccccc3)CC2)s1. The minimum Gasteiger partial charge on any atom is -0.335 e. The average Bonchev–Trinajstić information content (AvgIpc) is 3.02. The van der Waals surface area contributed by atoms with E-state index in [-0.39, 0.29) is 5.91 Å². The van der Waals surface area contributed by atoms with Gasteiger partial charge in [-0.05, 0) is 31.9 Å². The molecule has 0 bridgehead atoms. The van der Waals surface area contributed by atoms with Crippen LogP contribution in [0.4, 0.5) is 0 Å². The van der Waals surface area contributed by atoms with Gasteiger partial charge in [0.15, 0.2) is 0 Å². The Morgan fingerprint density at radius 1 is 1.15 bits per heavy atom. The number of benzene rings is 1. The zero-order valence-electron chi connectivity index (χ0n) is 15.0. The van der Waals surface area contributed by atoms with E-state index in [9.17, 15) is 13.2 Å². The van der Waals surface area contributed by atoms with Gasteiger partial charge < -0.3 is 4.90 Å². The lowest BCUT2D eigenvalue weighted by Gasteiger charge is -2.33. The third-order valence-electron chi connectivity index (χ3n) is 4.41. The van der Waals surface area contributed by atoms with Crippen LogP contribution in [0.2, 0.25) is 0 Å². The maximum absolute atomic E-state index is 12.8. The zero-order chi connectivity index (χ0) is 18.7. The molecule has 6 nitrogen and oxygen atoms in total. The summed E-state index contributed by atoms with van der Waals surface area (Å²) >= 11 is 1.45. The number of piperazine rings is 1. The van der Waals surface area contributed by atoms with Gasteiger partial charge in [0.25, 0.3) is 5.91 Å². The summed E-state index contributed by atoms with van der Waals surface area (Å²) in [6.45, 7) is 5.35. The molecule has 0 radical (unpaired) electrons. The first-order valence-electron chi connectivity index (χ1n) is 8.74. The third-order valence-corrected chi connectivity index (χ3v) is 7.52. The number of aryl methyl sites for hydroxylation is 2. The van der Waals surface area contributed by atoms with E-state index in [0.29, 0.717) is 36.0 Å². The van der Waals surface area contributed by atoms with Crippen molar-refractivity contribution in [3.63, 3.8) is 0 Å². The number of aromatic nitrogens is 1. The minimum atomic E-state index is -3.50. The third kappa shape index (κ3) is 3.82. The van der Waals surface area contributed by atoms with Crippen LogP contribution in [0.15, 0.2) is 35.2 Å². The maximum Gasteiger partial charge on any atom is 0.265 e. The molecule has 2 aromatic rings. The van der Waals surface area contributed by atoms with Crippen molar-refractivity contribution in [2.24, 2.45) is 0 Å². The topological polar surface area (TPSA) is 70.6 Å². The Morgan fingerprint density at radius 2 is 1.81 bits per heavy atom. The number of thiazole rings is 1. The van der Waals surface area contributed by atoms with Gasteiger partial charge in [-0.1, -0.05) is 25.1 Å². The quantitative estimate of drug-likeness (QED) is 0.783. The first-order chi connectivity index (χ1) is 12.4. The normalized spacial score (nSPS) is 16.0. The number of carbonyl (C=O) groups is 1. The van der Waals surface area contributed by atoms with E-state index in [1.54, 1.807) is 35.2 Å². The number of amides is 1. The van der Waals surface area contributed by atoms with Gasteiger partial charge in [0, 0.05) is 26.2 Å². The summed E-state index contributed by atoms with van der Waals surface area (Å²) in [6.07, 6.45) is 1.87. The highest BCUT2D eigenvalue weighted by molar-refractivity contribution is 7.89. The predicted octanol–water partition coefficient (Wildman–Crippen LogP) is 2.55. The van der Waals surface area contributed by atoms with Gasteiger partial charge in [-0.15, -0.1) is 11.3 Å². The molecule has 1 fully saturated rings. The van der Waals surface area contributed by atoms with Crippen molar-refractivity contribution in [1.82, 2.24) is 14.2 Å². The van der Waals surface area contributed by atoms with E-state index in [2.05, 4.69) is 11.9 Å². The van der Waals surface area contributed by atoms with Crippen LogP contribution >= 0.6 is 11.3 Å². The standard InChI is InChI=1S/C18H23N3O3S2/c1-3-7-16-19-14(2)17(25-16)18(22)20-10-12-21(13-11-20)26(23,24)15-8-5-4-6-9-15/h4-6,8-9H,3,7,10-13H2,1-2H3. The Hall–Kier alpha value is -1.77. The summed E-state index contributed by atoms with van der Waals surface area (Å²) in [5, 5.41) is 0.985. The second-order valence-electron chi connectivity index (χ2n) is 6.28. The van der Waals surface area contributed by atoms with Gasteiger partial charge >= 0.3 is 0 Å². The first-order valence-corrected chi connectivity index (χ1v) is 11.0. The second-order valence-corrected chi connectivity index (χ2v) is 9.30. The molecule has 0 unspecified atom stereocenters. The van der Waals surface area contributed by atoms with Gasteiger partial charge in [-0.2, -0.15) is 4.31 Å². The molecule has 140 valence electrons. The van der Waals surface area contributed by atoms with Crippen LogP contribution in [0.5, 0.6) is 0 Å². The lowest BCUT2D eigenvalue weighted by molar-refractivity contribution is 0.0702. The Kier molecular flexibility index (Phi) is 5.74. The van der Waals surface area contributed by atoms with Crippen molar-refractivity contribution in [3.8, 4) is 0 Å². The first kappa shape index (κ1) is 19.0. The molecule has 26 heavy (non-hydrogen) atoms. The molecule has 3 rings (SSSR count). The highest BCUT2D eigenvalue weighted by Crippen LogP contribution is 2.23. The van der Waals surface area contributed by atoms with E-state index in [1.165, 1.54) is 15.6 Å². The van der Waals surface area contributed by atoms with Gasteiger partial charge in [0.1, 0.15) is 4.88 Å². The maximum atomic E-state index is 12.8. The molecule has 0 atom stereocenters. The molecule has 1 aliphatic rings. The Morgan fingerprint density at radius 3 is 2.42 bits per heavy atom. The summed E-state index contributed by atoms with van der Waals surface area (Å²) in [7, 11) is -3.50. The average molecular weight is 394 g/mol. The fourth-order valence-electron chi connectivity index (χ4n) is 2.99. The molecule has 0 N–H and O–H groups in total. The van der Waals surface area contributed by atoms with Gasteiger partial charge in [-0.3, -0.25) is 4.79 Å². The fraction of sp³-hybridized carbons (Fsp3) is 0.444. The monoisotopic (exact) mass is 393 g/mol. The number of carbonyl (C=O) groups excluding carboxylic acids is 1. The number of hydrogen-bond donors (Lipinski definition) is 0.